The summed E-state index contributed by atoms with van der Waals surface area (Å²) < 4.78 is 5.65. The monoisotopic (exact) mass is 275 g/mol. The van der Waals surface area contributed by atoms with Crippen LogP contribution in [0.3, 0.4) is 0 Å². The topological polar surface area (TPSA) is 61.0 Å². The van der Waals surface area contributed by atoms with Gasteiger partial charge in [0.2, 0.25) is 0 Å². The Kier molecular flexibility index (Phi) is 5.65. The van der Waals surface area contributed by atoms with Crippen molar-refractivity contribution in [1.82, 2.24) is 9.97 Å². The van der Waals surface area contributed by atoms with Gasteiger partial charge in [-0.3, -0.25) is 0 Å². The molecular weight excluding hydrogens is 258 g/mol. The van der Waals surface area contributed by atoms with E-state index in [0.717, 1.165) is 28.6 Å². The largest absolute Gasteiger partial charge is 0.494 e. The predicted octanol–water partition coefficient (Wildman–Crippen LogP) is 2.50. The summed E-state index contributed by atoms with van der Waals surface area (Å²) in [5.41, 5.74) is 6.65. The summed E-state index contributed by atoms with van der Waals surface area (Å²) in [6.07, 6.45) is 4.47. The maximum absolute atomic E-state index is 5.65. The van der Waals surface area contributed by atoms with E-state index in [-0.39, 0.29) is 0 Å². The SMILES string of the molecule is NCc1ccc(OCCCSc2ncccn2)cc1. The molecule has 19 heavy (non-hydrogen) atoms. The highest BCUT2D eigenvalue weighted by molar-refractivity contribution is 7.99. The van der Waals surface area contributed by atoms with Gasteiger partial charge in [-0.2, -0.15) is 0 Å². The Bertz CT molecular complexity index is 476. The quantitative estimate of drug-likeness (QED) is 0.478. The normalized spacial score (nSPS) is 10.4. The first-order valence-electron chi connectivity index (χ1n) is 6.20. The molecule has 2 aromatic rings. The van der Waals surface area contributed by atoms with Crippen LogP contribution in [0.4, 0.5) is 0 Å². The first kappa shape index (κ1) is 13.8. The average Bonchev–Trinajstić information content (AvgIpc) is 2.49. The molecule has 2 rings (SSSR count). The molecule has 4 nitrogen and oxygen atoms in total. The number of thioether (sulfide) groups is 1. The molecule has 5 heteroatoms. The summed E-state index contributed by atoms with van der Waals surface area (Å²) >= 11 is 1.64. The minimum Gasteiger partial charge on any atom is -0.494 e. The van der Waals surface area contributed by atoms with Crippen LogP contribution in [0.15, 0.2) is 47.9 Å². The summed E-state index contributed by atoms with van der Waals surface area (Å²) in [7, 11) is 0. The lowest BCUT2D eigenvalue weighted by Gasteiger charge is -2.06. The van der Waals surface area contributed by atoms with Crippen LogP contribution >= 0.6 is 11.8 Å². The van der Waals surface area contributed by atoms with E-state index in [1.165, 1.54) is 0 Å². The fourth-order valence-corrected chi connectivity index (χ4v) is 2.21. The highest BCUT2D eigenvalue weighted by Crippen LogP contribution is 2.14. The van der Waals surface area contributed by atoms with E-state index in [9.17, 15) is 0 Å². The summed E-state index contributed by atoms with van der Waals surface area (Å²) in [4.78, 5) is 8.31. The lowest BCUT2D eigenvalue weighted by atomic mass is 10.2. The molecule has 0 saturated carbocycles. The van der Waals surface area contributed by atoms with Gasteiger partial charge < -0.3 is 10.5 Å². The van der Waals surface area contributed by atoms with Crippen molar-refractivity contribution in [1.29, 1.82) is 0 Å². The zero-order valence-corrected chi connectivity index (χ0v) is 11.5. The van der Waals surface area contributed by atoms with Crippen molar-refractivity contribution in [2.45, 2.75) is 18.1 Å². The fourth-order valence-electron chi connectivity index (χ4n) is 1.49. The molecule has 0 bridgehead atoms. The third-order valence-electron chi connectivity index (χ3n) is 2.49. The van der Waals surface area contributed by atoms with Crippen LogP contribution in [-0.2, 0) is 6.54 Å². The van der Waals surface area contributed by atoms with Gasteiger partial charge in [-0.05, 0) is 30.2 Å². The van der Waals surface area contributed by atoms with Gasteiger partial charge >= 0.3 is 0 Å². The molecule has 0 aliphatic rings. The van der Waals surface area contributed by atoms with E-state index in [0.29, 0.717) is 13.2 Å². The van der Waals surface area contributed by atoms with E-state index in [1.807, 2.05) is 30.3 Å². The molecule has 1 aromatic heterocycles. The second-order valence-corrected chi connectivity index (χ2v) is 4.99. The lowest BCUT2D eigenvalue weighted by Crippen LogP contribution is -2.00. The van der Waals surface area contributed by atoms with Crippen LogP contribution in [-0.4, -0.2) is 22.3 Å². The van der Waals surface area contributed by atoms with Gasteiger partial charge in [0.25, 0.3) is 0 Å². The number of hydrogen-bond donors (Lipinski definition) is 1. The number of nitrogens with zero attached hydrogens (tertiary/aromatic N) is 2. The Hall–Kier alpha value is -1.59. The minimum atomic E-state index is 0.563. The highest BCUT2D eigenvalue weighted by atomic mass is 32.2. The summed E-state index contributed by atoms with van der Waals surface area (Å²) in [5, 5.41) is 0.815. The average molecular weight is 275 g/mol. The van der Waals surface area contributed by atoms with Crippen molar-refractivity contribution < 1.29 is 4.74 Å². The highest BCUT2D eigenvalue weighted by Gasteiger charge is 1.97. The Morgan fingerprint density at radius 1 is 1.11 bits per heavy atom. The van der Waals surface area contributed by atoms with Gasteiger partial charge in [0.1, 0.15) is 5.75 Å². The van der Waals surface area contributed by atoms with E-state index < -0.39 is 0 Å². The Morgan fingerprint density at radius 2 is 1.84 bits per heavy atom. The van der Waals surface area contributed by atoms with E-state index in [4.69, 9.17) is 10.5 Å². The molecule has 0 unspecified atom stereocenters. The van der Waals surface area contributed by atoms with Crippen molar-refractivity contribution in [2.75, 3.05) is 12.4 Å². The first-order valence-corrected chi connectivity index (χ1v) is 7.18. The Balaban J connectivity index is 1.63. The Morgan fingerprint density at radius 3 is 2.53 bits per heavy atom. The van der Waals surface area contributed by atoms with E-state index in [1.54, 1.807) is 24.2 Å². The molecule has 1 heterocycles. The minimum absolute atomic E-state index is 0.563. The van der Waals surface area contributed by atoms with Gasteiger partial charge in [-0.1, -0.05) is 23.9 Å². The van der Waals surface area contributed by atoms with Crippen molar-refractivity contribution in [3.8, 4) is 5.75 Å². The molecule has 1 aromatic carbocycles. The van der Waals surface area contributed by atoms with Crippen molar-refractivity contribution in [2.24, 2.45) is 5.73 Å². The van der Waals surface area contributed by atoms with E-state index in [2.05, 4.69) is 9.97 Å². The molecule has 2 N–H and O–H groups in total. The number of hydrogen-bond acceptors (Lipinski definition) is 5. The standard InChI is InChI=1S/C14H17N3OS/c15-11-12-3-5-13(6-4-12)18-9-2-10-19-14-16-7-1-8-17-14/h1,3-8H,2,9-11,15H2. The fraction of sp³-hybridized carbons (Fsp3) is 0.286. The third-order valence-corrected chi connectivity index (χ3v) is 3.45. The first-order chi connectivity index (χ1) is 9.38. The maximum atomic E-state index is 5.65. The van der Waals surface area contributed by atoms with Crippen LogP contribution in [0.25, 0.3) is 0 Å². The van der Waals surface area contributed by atoms with Crippen LogP contribution in [0, 0.1) is 0 Å². The lowest BCUT2D eigenvalue weighted by molar-refractivity contribution is 0.318. The second-order valence-electron chi connectivity index (χ2n) is 3.93. The zero-order valence-electron chi connectivity index (χ0n) is 10.7. The van der Waals surface area contributed by atoms with Crippen molar-refractivity contribution >= 4 is 11.8 Å². The van der Waals surface area contributed by atoms with Gasteiger partial charge in [0, 0.05) is 24.7 Å². The molecule has 0 amide bonds. The Labute approximate surface area is 117 Å². The van der Waals surface area contributed by atoms with Gasteiger partial charge in [0.15, 0.2) is 5.16 Å². The molecule has 0 saturated heterocycles. The second kappa shape index (κ2) is 7.76. The van der Waals surface area contributed by atoms with E-state index >= 15 is 0 Å². The van der Waals surface area contributed by atoms with Crippen LogP contribution in [0.5, 0.6) is 5.75 Å². The summed E-state index contributed by atoms with van der Waals surface area (Å²) in [6.45, 7) is 1.26. The number of nitrogens with two attached hydrogens (primary N) is 1. The van der Waals surface area contributed by atoms with Gasteiger partial charge in [0.05, 0.1) is 6.61 Å². The number of rotatable bonds is 7. The molecule has 0 spiro atoms. The molecule has 0 aliphatic heterocycles. The van der Waals surface area contributed by atoms with Gasteiger partial charge in [-0.15, -0.1) is 0 Å². The smallest absolute Gasteiger partial charge is 0.187 e. The zero-order chi connectivity index (χ0) is 13.3. The molecule has 0 atom stereocenters. The van der Waals surface area contributed by atoms with Gasteiger partial charge in [-0.25, -0.2) is 9.97 Å². The van der Waals surface area contributed by atoms with Crippen LogP contribution in [0.1, 0.15) is 12.0 Å². The molecule has 0 aliphatic carbocycles. The summed E-state index contributed by atoms with van der Waals surface area (Å²) in [6, 6.07) is 9.70. The molecular formula is C14H17N3OS. The number of benzene rings is 1. The van der Waals surface area contributed by atoms with Crippen LogP contribution < -0.4 is 10.5 Å². The number of ether oxygens (including phenoxy) is 1. The van der Waals surface area contributed by atoms with Crippen LogP contribution in [0.2, 0.25) is 0 Å². The molecule has 0 fully saturated rings. The molecule has 0 radical (unpaired) electrons. The number of aromatic nitrogens is 2. The third kappa shape index (κ3) is 4.89. The van der Waals surface area contributed by atoms with Crippen molar-refractivity contribution in [3.63, 3.8) is 0 Å². The predicted molar refractivity (Wildman–Crippen MR) is 77.2 cm³/mol. The summed E-state index contributed by atoms with van der Waals surface area (Å²) in [5.74, 6) is 1.84. The maximum Gasteiger partial charge on any atom is 0.187 e. The molecule has 100 valence electrons. The van der Waals surface area contributed by atoms with Crippen molar-refractivity contribution in [3.05, 3.63) is 48.3 Å².